The molecular weight excluding hydrogens is 262 g/mol. The Morgan fingerprint density at radius 3 is 3.11 bits per heavy atom. The highest BCUT2D eigenvalue weighted by Gasteiger charge is 2.06. The van der Waals surface area contributed by atoms with Crippen molar-refractivity contribution in [2.24, 2.45) is 0 Å². The van der Waals surface area contributed by atoms with E-state index in [0.717, 1.165) is 28.3 Å². The lowest BCUT2D eigenvalue weighted by Gasteiger charge is -2.03. The third-order valence-corrected chi connectivity index (χ3v) is 4.21. The van der Waals surface area contributed by atoms with Crippen LogP contribution in [-0.4, -0.2) is 14.5 Å². The van der Waals surface area contributed by atoms with Crippen molar-refractivity contribution in [1.29, 1.82) is 0 Å². The largest absolute Gasteiger partial charge is 0.330 e. The monoisotopic (exact) mass is 275 g/mol. The van der Waals surface area contributed by atoms with Gasteiger partial charge >= 0.3 is 0 Å². The number of thiazole rings is 1. The first-order valence-corrected chi connectivity index (χ1v) is 7.11. The zero-order valence-corrected chi connectivity index (χ0v) is 11.6. The van der Waals surface area contributed by atoms with Crippen molar-refractivity contribution in [2.75, 3.05) is 0 Å². The molecule has 3 aromatic rings. The Bertz CT molecular complexity index is 722. The molecule has 2 heterocycles. The number of para-hydroxylation sites is 1. The molecule has 3 rings (SSSR count). The average Bonchev–Trinajstić information content (AvgIpc) is 2.95. The van der Waals surface area contributed by atoms with Crippen molar-refractivity contribution in [3.63, 3.8) is 0 Å². The maximum Gasteiger partial charge on any atom is 0.178 e. The van der Waals surface area contributed by atoms with E-state index in [1.807, 2.05) is 11.6 Å². The molecule has 0 aliphatic heterocycles. The van der Waals surface area contributed by atoms with Crippen molar-refractivity contribution in [1.82, 2.24) is 14.5 Å². The molecule has 0 saturated carbocycles. The number of aryl methyl sites for hydroxylation is 3. The first-order valence-electron chi connectivity index (χ1n) is 5.82. The number of nitrogens with one attached hydrogen (secondary N) is 1. The van der Waals surface area contributed by atoms with Crippen LogP contribution in [0.25, 0.3) is 11.0 Å². The fourth-order valence-electron chi connectivity index (χ4n) is 2.13. The fraction of sp³-hybridized carbons (Fsp3) is 0.231. The second-order valence-electron chi connectivity index (χ2n) is 4.23. The summed E-state index contributed by atoms with van der Waals surface area (Å²) in [7, 11) is 0. The Kier molecular flexibility index (Phi) is 3.01. The van der Waals surface area contributed by atoms with Gasteiger partial charge in [0.1, 0.15) is 0 Å². The molecule has 18 heavy (non-hydrogen) atoms. The number of aromatic nitrogens is 3. The van der Waals surface area contributed by atoms with E-state index in [-0.39, 0.29) is 0 Å². The van der Waals surface area contributed by atoms with Crippen LogP contribution < -0.4 is 0 Å². The van der Waals surface area contributed by atoms with Crippen LogP contribution in [0.3, 0.4) is 0 Å². The van der Waals surface area contributed by atoms with Gasteiger partial charge in [0.15, 0.2) is 4.77 Å². The number of imidazole rings is 1. The minimum atomic E-state index is 0.788. The smallest absolute Gasteiger partial charge is 0.178 e. The molecule has 0 unspecified atom stereocenters. The van der Waals surface area contributed by atoms with Crippen LogP contribution in [0.1, 0.15) is 10.6 Å². The first kappa shape index (κ1) is 11.6. The predicted molar refractivity (Wildman–Crippen MR) is 77.7 cm³/mol. The standard InChI is InChI=1S/C13H13N3S2/c1-9-3-2-4-10-12(9)15-13(17)16(10)7-5-11-14-6-8-18-11/h2-4,6,8H,5,7H2,1H3,(H,15,17). The summed E-state index contributed by atoms with van der Waals surface area (Å²) in [5.74, 6) is 0. The van der Waals surface area contributed by atoms with Gasteiger partial charge in [0, 0.05) is 24.5 Å². The van der Waals surface area contributed by atoms with Gasteiger partial charge in [0.2, 0.25) is 0 Å². The number of H-pyrrole nitrogens is 1. The van der Waals surface area contributed by atoms with Crippen LogP contribution >= 0.6 is 23.6 Å². The fourth-order valence-corrected chi connectivity index (χ4v) is 3.03. The minimum Gasteiger partial charge on any atom is -0.330 e. The number of nitrogens with zero attached hydrogens (tertiary/aromatic N) is 2. The van der Waals surface area contributed by atoms with Gasteiger partial charge in [-0.25, -0.2) is 4.98 Å². The van der Waals surface area contributed by atoms with Crippen molar-refractivity contribution in [2.45, 2.75) is 19.9 Å². The summed E-state index contributed by atoms with van der Waals surface area (Å²) < 4.78 is 2.94. The summed E-state index contributed by atoms with van der Waals surface area (Å²) in [6.45, 7) is 2.97. The summed E-state index contributed by atoms with van der Waals surface area (Å²) in [5, 5.41) is 3.16. The Hall–Kier alpha value is -1.46. The number of benzene rings is 1. The van der Waals surface area contributed by atoms with Crippen LogP contribution in [0.4, 0.5) is 0 Å². The molecule has 0 aliphatic rings. The Balaban J connectivity index is 1.99. The Labute approximate surface area is 114 Å². The number of fused-ring (bicyclic) bond motifs is 1. The number of hydrogen-bond acceptors (Lipinski definition) is 3. The average molecular weight is 275 g/mol. The zero-order chi connectivity index (χ0) is 12.5. The second kappa shape index (κ2) is 4.66. The van der Waals surface area contributed by atoms with Crippen LogP contribution in [0.2, 0.25) is 0 Å². The highest BCUT2D eigenvalue weighted by atomic mass is 32.1. The molecule has 0 saturated heterocycles. The number of hydrogen-bond donors (Lipinski definition) is 1. The maximum atomic E-state index is 5.40. The van der Waals surface area contributed by atoms with Gasteiger partial charge in [0.05, 0.1) is 16.0 Å². The summed E-state index contributed by atoms with van der Waals surface area (Å²) >= 11 is 7.09. The molecule has 0 fully saturated rings. The van der Waals surface area contributed by atoms with Crippen molar-refractivity contribution in [3.05, 3.63) is 45.1 Å². The van der Waals surface area contributed by atoms with E-state index in [4.69, 9.17) is 12.2 Å². The predicted octanol–water partition coefficient (Wildman–Crippen LogP) is 3.71. The van der Waals surface area contributed by atoms with Gasteiger partial charge < -0.3 is 9.55 Å². The van der Waals surface area contributed by atoms with E-state index in [2.05, 4.69) is 39.7 Å². The molecule has 0 bridgehead atoms. The maximum absolute atomic E-state index is 5.40. The highest BCUT2D eigenvalue weighted by Crippen LogP contribution is 2.18. The summed E-state index contributed by atoms with van der Waals surface area (Å²) in [5.41, 5.74) is 3.55. The summed E-state index contributed by atoms with van der Waals surface area (Å²) in [4.78, 5) is 7.59. The molecule has 2 aromatic heterocycles. The van der Waals surface area contributed by atoms with Gasteiger partial charge in [0.25, 0.3) is 0 Å². The molecule has 0 atom stereocenters. The molecule has 92 valence electrons. The lowest BCUT2D eigenvalue weighted by atomic mass is 10.2. The first-order chi connectivity index (χ1) is 8.75. The normalized spacial score (nSPS) is 11.2. The van der Waals surface area contributed by atoms with Crippen LogP contribution in [0, 0.1) is 11.7 Å². The molecule has 5 heteroatoms. The zero-order valence-electron chi connectivity index (χ0n) is 10.0. The Morgan fingerprint density at radius 2 is 2.33 bits per heavy atom. The van der Waals surface area contributed by atoms with E-state index in [9.17, 15) is 0 Å². The van der Waals surface area contributed by atoms with Crippen molar-refractivity contribution >= 4 is 34.6 Å². The topological polar surface area (TPSA) is 33.6 Å². The molecule has 0 spiro atoms. The molecule has 3 nitrogen and oxygen atoms in total. The second-order valence-corrected chi connectivity index (χ2v) is 5.59. The van der Waals surface area contributed by atoms with Gasteiger partial charge in [-0.05, 0) is 30.8 Å². The molecule has 1 aromatic carbocycles. The van der Waals surface area contributed by atoms with E-state index >= 15 is 0 Å². The number of rotatable bonds is 3. The van der Waals surface area contributed by atoms with E-state index < -0.39 is 0 Å². The van der Waals surface area contributed by atoms with E-state index in [0.29, 0.717) is 0 Å². The van der Waals surface area contributed by atoms with Gasteiger partial charge in [-0.1, -0.05) is 12.1 Å². The molecule has 1 N–H and O–H groups in total. The minimum absolute atomic E-state index is 0.788. The lowest BCUT2D eigenvalue weighted by molar-refractivity contribution is 0.703. The van der Waals surface area contributed by atoms with E-state index in [1.165, 1.54) is 11.1 Å². The van der Waals surface area contributed by atoms with Gasteiger partial charge in [-0.2, -0.15) is 0 Å². The molecular formula is C13H13N3S2. The van der Waals surface area contributed by atoms with E-state index in [1.54, 1.807) is 11.3 Å². The molecule has 0 amide bonds. The van der Waals surface area contributed by atoms with Crippen LogP contribution in [0.15, 0.2) is 29.8 Å². The summed E-state index contributed by atoms with van der Waals surface area (Å²) in [6, 6.07) is 6.27. The Morgan fingerprint density at radius 1 is 1.44 bits per heavy atom. The lowest BCUT2D eigenvalue weighted by Crippen LogP contribution is -2.01. The summed E-state index contributed by atoms with van der Waals surface area (Å²) in [6.07, 6.45) is 2.77. The van der Waals surface area contributed by atoms with Crippen molar-refractivity contribution in [3.8, 4) is 0 Å². The van der Waals surface area contributed by atoms with Crippen LogP contribution in [-0.2, 0) is 13.0 Å². The molecule has 0 radical (unpaired) electrons. The van der Waals surface area contributed by atoms with Crippen LogP contribution in [0.5, 0.6) is 0 Å². The van der Waals surface area contributed by atoms with Gasteiger partial charge in [-0.3, -0.25) is 0 Å². The quantitative estimate of drug-likeness (QED) is 0.739. The third kappa shape index (κ3) is 2.00. The highest BCUT2D eigenvalue weighted by molar-refractivity contribution is 7.71. The third-order valence-electron chi connectivity index (χ3n) is 3.05. The number of aromatic amines is 1. The van der Waals surface area contributed by atoms with Gasteiger partial charge in [-0.15, -0.1) is 11.3 Å². The SMILES string of the molecule is Cc1cccc2c1[nH]c(=S)n2CCc1nccs1. The molecule has 0 aliphatic carbocycles. The van der Waals surface area contributed by atoms with Crippen molar-refractivity contribution < 1.29 is 0 Å².